The van der Waals surface area contributed by atoms with Gasteiger partial charge in [-0.15, -0.1) is 0 Å². The van der Waals surface area contributed by atoms with Crippen molar-refractivity contribution < 1.29 is 4.74 Å². The first kappa shape index (κ1) is 14.4. The van der Waals surface area contributed by atoms with Gasteiger partial charge in [-0.25, -0.2) is 4.98 Å². The molecule has 2 aliphatic carbocycles. The van der Waals surface area contributed by atoms with Gasteiger partial charge in [-0.05, 0) is 61.5 Å². The molecule has 0 bridgehead atoms. The molecular weight excluding hydrogens is 260 g/mol. The Morgan fingerprint density at radius 3 is 2.86 bits per heavy atom. The van der Waals surface area contributed by atoms with Gasteiger partial charge in [0.15, 0.2) is 0 Å². The summed E-state index contributed by atoms with van der Waals surface area (Å²) >= 11 is 0. The Hall–Kier alpha value is -1.56. The summed E-state index contributed by atoms with van der Waals surface area (Å²) in [7, 11) is 0. The lowest BCUT2D eigenvalue weighted by Gasteiger charge is -2.38. The molecular formula is C18H24N2O. The lowest BCUT2D eigenvalue weighted by Crippen LogP contribution is -2.34. The second-order valence-electron chi connectivity index (χ2n) is 7.57. The standard InChI is InChI=1S/C18H24N2O/c1-12-7-15(10-18(2,3)9-12)21-17-14(11-19)8-13-5-4-6-16(13)20-17/h8,12,15H,4-7,9-10H2,1-3H3. The van der Waals surface area contributed by atoms with Gasteiger partial charge in [-0.1, -0.05) is 20.8 Å². The third kappa shape index (κ3) is 3.05. The number of nitriles is 1. The zero-order chi connectivity index (χ0) is 15.0. The van der Waals surface area contributed by atoms with Crippen molar-refractivity contribution in [2.75, 3.05) is 0 Å². The van der Waals surface area contributed by atoms with Crippen molar-refractivity contribution in [3.05, 3.63) is 22.9 Å². The van der Waals surface area contributed by atoms with Crippen LogP contribution in [0.1, 0.15) is 63.3 Å². The Balaban J connectivity index is 1.83. The highest BCUT2D eigenvalue weighted by molar-refractivity contribution is 5.44. The van der Waals surface area contributed by atoms with Gasteiger partial charge in [-0.2, -0.15) is 5.26 Å². The van der Waals surface area contributed by atoms with E-state index in [2.05, 4.69) is 31.8 Å². The van der Waals surface area contributed by atoms with E-state index in [4.69, 9.17) is 4.74 Å². The van der Waals surface area contributed by atoms with Crippen LogP contribution in [0.25, 0.3) is 0 Å². The van der Waals surface area contributed by atoms with E-state index in [1.165, 1.54) is 12.0 Å². The maximum Gasteiger partial charge on any atom is 0.232 e. The maximum atomic E-state index is 9.36. The summed E-state index contributed by atoms with van der Waals surface area (Å²) < 4.78 is 6.18. The molecule has 112 valence electrons. The molecule has 2 aliphatic rings. The van der Waals surface area contributed by atoms with E-state index in [1.54, 1.807) is 0 Å². The minimum Gasteiger partial charge on any atom is -0.473 e. The lowest BCUT2D eigenvalue weighted by molar-refractivity contribution is 0.0529. The van der Waals surface area contributed by atoms with Crippen LogP contribution in [0.4, 0.5) is 0 Å². The number of hydrogen-bond donors (Lipinski definition) is 0. The van der Waals surface area contributed by atoms with Crippen LogP contribution >= 0.6 is 0 Å². The minimum atomic E-state index is 0.183. The largest absolute Gasteiger partial charge is 0.473 e. The highest BCUT2D eigenvalue weighted by Gasteiger charge is 2.34. The van der Waals surface area contributed by atoms with Crippen molar-refractivity contribution in [1.82, 2.24) is 4.98 Å². The minimum absolute atomic E-state index is 0.183. The molecule has 1 heterocycles. The molecule has 0 amide bonds. The third-order valence-corrected chi connectivity index (χ3v) is 4.76. The highest BCUT2D eigenvalue weighted by Crippen LogP contribution is 2.40. The average molecular weight is 284 g/mol. The first-order chi connectivity index (χ1) is 9.97. The van der Waals surface area contributed by atoms with Crippen molar-refractivity contribution in [2.45, 2.75) is 65.4 Å². The van der Waals surface area contributed by atoms with Gasteiger partial charge in [0.1, 0.15) is 17.7 Å². The Bertz CT molecular complexity index is 586. The number of aryl methyl sites for hydroxylation is 2. The van der Waals surface area contributed by atoms with Gasteiger partial charge in [0, 0.05) is 5.69 Å². The second kappa shape index (κ2) is 5.33. The maximum absolute atomic E-state index is 9.36. The smallest absolute Gasteiger partial charge is 0.232 e. The molecule has 0 aromatic carbocycles. The van der Waals surface area contributed by atoms with Crippen LogP contribution in [0.3, 0.4) is 0 Å². The number of pyridine rings is 1. The summed E-state index contributed by atoms with van der Waals surface area (Å²) in [4.78, 5) is 4.65. The molecule has 3 rings (SSSR count). The predicted octanol–water partition coefficient (Wildman–Crippen LogP) is 4.04. The SMILES string of the molecule is CC1CC(Oc2nc3c(cc2C#N)CCC3)CC(C)(C)C1. The van der Waals surface area contributed by atoms with Crippen molar-refractivity contribution in [1.29, 1.82) is 5.26 Å². The van der Waals surface area contributed by atoms with Crippen LogP contribution < -0.4 is 4.74 Å². The zero-order valence-electron chi connectivity index (χ0n) is 13.3. The van der Waals surface area contributed by atoms with Crippen LogP contribution in [0.15, 0.2) is 6.07 Å². The average Bonchev–Trinajstić information content (AvgIpc) is 2.82. The monoisotopic (exact) mass is 284 g/mol. The van der Waals surface area contributed by atoms with Crippen molar-refractivity contribution in [3.63, 3.8) is 0 Å². The molecule has 0 N–H and O–H groups in total. The third-order valence-electron chi connectivity index (χ3n) is 4.76. The van der Waals surface area contributed by atoms with Crippen molar-refractivity contribution in [3.8, 4) is 11.9 Å². The summed E-state index contributed by atoms with van der Waals surface area (Å²) in [6.45, 7) is 6.90. The first-order valence-electron chi connectivity index (χ1n) is 8.06. The van der Waals surface area contributed by atoms with E-state index in [9.17, 15) is 5.26 Å². The van der Waals surface area contributed by atoms with Crippen molar-refractivity contribution in [2.24, 2.45) is 11.3 Å². The van der Waals surface area contributed by atoms with E-state index in [1.807, 2.05) is 6.07 Å². The van der Waals surface area contributed by atoms with Gasteiger partial charge in [0.2, 0.25) is 5.88 Å². The summed E-state index contributed by atoms with van der Waals surface area (Å²) in [5, 5.41) is 9.36. The molecule has 2 atom stereocenters. The fourth-order valence-corrected chi connectivity index (χ4v) is 4.13. The number of hydrogen-bond acceptors (Lipinski definition) is 3. The molecule has 2 unspecified atom stereocenters. The number of aromatic nitrogens is 1. The van der Waals surface area contributed by atoms with Crippen LogP contribution in [0, 0.1) is 22.7 Å². The van der Waals surface area contributed by atoms with Gasteiger partial charge in [0.05, 0.1) is 0 Å². The topological polar surface area (TPSA) is 45.9 Å². The predicted molar refractivity (Wildman–Crippen MR) is 82.2 cm³/mol. The van der Waals surface area contributed by atoms with Gasteiger partial charge < -0.3 is 4.74 Å². The number of fused-ring (bicyclic) bond motifs is 1. The van der Waals surface area contributed by atoms with E-state index in [-0.39, 0.29) is 6.10 Å². The van der Waals surface area contributed by atoms with Gasteiger partial charge in [-0.3, -0.25) is 0 Å². The molecule has 1 fully saturated rings. The Morgan fingerprint density at radius 2 is 2.14 bits per heavy atom. The molecule has 1 aromatic rings. The van der Waals surface area contributed by atoms with Gasteiger partial charge >= 0.3 is 0 Å². The molecule has 3 heteroatoms. The molecule has 0 saturated heterocycles. The van der Waals surface area contributed by atoms with Crippen molar-refractivity contribution >= 4 is 0 Å². The Kier molecular flexibility index (Phi) is 3.65. The van der Waals surface area contributed by atoms with E-state index < -0.39 is 0 Å². The fraction of sp³-hybridized carbons (Fsp3) is 0.667. The molecule has 0 radical (unpaired) electrons. The summed E-state index contributed by atoms with van der Waals surface area (Å²) in [5.41, 5.74) is 3.28. The molecule has 0 aliphatic heterocycles. The van der Waals surface area contributed by atoms with E-state index >= 15 is 0 Å². The Labute approximate surface area is 127 Å². The van der Waals surface area contributed by atoms with E-state index in [0.717, 1.165) is 37.8 Å². The molecule has 1 aromatic heterocycles. The second-order valence-corrected chi connectivity index (χ2v) is 7.57. The fourth-order valence-electron chi connectivity index (χ4n) is 4.13. The normalized spacial score (nSPS) is 27.0. The Morgan fingerprint density at radius 1 is 1.33 bits per heavy atom. The van der Waals surface area contributed by atoms with E-state index in [0.29, 0.717) is 22.8 Å². The summed E-state index contributed by atoms with van der Waals surface area (Å²) in [5.74, 6) is 1.23. The summed E-state index contributed by atoms with van der Waals surface area (Å²) in [6.07, 6.45) is 6.74. The van der Waals surface area contributed by atoms with Crippen LogP contribution in [-0.2, 0) is 12.8 Å². The number of rotatable bonds is 2. The van der Waals surface area contributed by atoms with Crippen LogP contribution in [0.5, 0.6) is 5.88 Å². The van der Waals surface area contributed by atoms with Crippen LogP contribution in [-0.4, -0.2) is 11.1 Å². The van der Waals surface area contributed by atoms with Crippen LogP contribution in [0.2, 0.25) is 0 Å². The highest BCUT2D eigenvalue weighted by atomic mass is 16.5. The quantitative estimate of drug-likeness (QED) is 0.823. The molecule has 3 nitrogen and oxygen atoms in total. The lowest BCUT2D eigenvalue weighted by atomic mass is 9.71. The zero-order valence-corrected chi connectivity index (χ0v) is 13.3. The van der Waals surface area contributed by atoms with Gasteiger partial charge in [0.25, 0.3) is 0 Å². The first-order valence-corrected chi connectivity index (χ1v) is 8.06. The molecule has 0 spiro atoms. The summed E-state index contributed by atoms with van der Waals surface area (Å²) in [6, 6.07) is 4.25. The number of nitrogens with zero attached hydrogens (tertiary/aromatic N) is 2. The molecule has 21 heavy (non-hydrogen) atoms. The molecule has 1 saturated carbocycles. The number of ether oxygens (including phenoxy) is 1.